The van der Waals surface area contributed by atoms with E-state index in [1.165, 1.54) is 24.3 Å². The molecule has 1 rings (SSSR count). The summed E-state index contributed by atoms with van der Waals surface area (Å²) in [4.78, 5) is 32.4. The molecule has 0 aliphatic rings. The number of aromatic hydroxyl groups is 1. The van der Waals surface area contributed by atoms with E-state index in [1.807, 2.05) is 5.32 Å². The van der Waals surface area contributed by atoms with Crippen molar-refractivity contribution in [2.75, 3.05) is 0 Å². The van der Waals surface area contributed by atoms with Crippen molar-refractivity contribution in [2.45, 2.75) is 6.04 Å². The summed E-state index contributed by atoms with van der Waals surface area (Å²) in [5.74, 6) is -3.84. The molecule has 0 unspecified atom stereocenters. The van der Waals surface area contributed by atoms with Crippen LogP contribution in [0.3, 0.4) is 0 Å². The number of phenolic OH excluding ortho intramolecular Hbond substituents is 1. The number of carbonyl (C=O) groups is 3. The molecule has 0 aromatic heterocycles. The van der Waals surface area contributed by atoms with E-state index in [0.29, 0.717) is 0 Å². The number of hydrogen-bond donors (Lipinski definition) is 4. The van der Waals surface area contributed by atoms with Gasteiger partial charge in [-0.25, -0.2) is 4.79 Å². The molecule has 1 atom stereocenters. The van der Waals surface area contributed by atoms with Crippen molar-refractivity contribution in [1.82, 2.24) is 5.32 Å². The number of aliphatic carboxylic acids is 1. The molecule has 1 aromatic rings. The van der Waals surface area contributed by atoms with Crippen LogP contribution in [0.1, 0.15) is 11.6 Å². The molecule has 0 bridgehead atoms. The zero-order valence-corrected chi connectivity index (χ0v) is 8.58. The SMILES string of the molecule is NC(=O)C(=O)N[C@@H](C(=O)O)c1ccc(O)cc1. The van der Waals surface area contributed by atoms with Crippen LogP contribution in [-0.4, -0.2) is 28.0 Å². The molecule has 0 aliphatic carbocycles. The van der Waals surface area contributed by atoms with Crippen molar-refractivity contribution in [3.63, 3.8) is 0 Å². The van der Waals surface area contributed by atoms with Crippen LogP contribution in [-0.2, 0) is 14.4 Å². The number of rotatable bonds is 3. The first-order valence-corrected chi connectivity index (χ1v) is 4.54. The fraction of sp³-hybridized carbons (Fsp3) is 0.100. The zero-order valence-electron chi connectivity index (χ0n) is 8.58. The molecule has 0 saturated heterocycles. The van der Waals surface area contributed by atoms with E-state index >= 15 is 0 Å². The van der Waals surface area contributed by atoms with Crippen LogP contribution >= 0.6 is 0 Å². The van der Waals surface area contributed by atoms with E-state index in [9.17, 15) is 14.4 Å². The van der Waals surface area contributed by atoms with Gasteiger partial charge in [0.05, 0.1) is 0 Å². The number of carboxylic acid groups (broad SMARTS) is 1. The van der Waals surface area contributed by atoms with Crippen LogP contribution in [0.4, 0.5) is 0 Å². The van der Waals surface area contributed by atoms with E-state index in [2.05, 4.69) is 0 Å². The molecule has 1 aromatic carbocycles. The maximum atomic E-state index is 11.0. The lowest BCUT2D eigenvalue weighted by Crippen LogP contribution is -2.41. The largest absolute Gasteiger partial charge is 0.508 e. The van der Waals surface area contributed by atoms with Gasteiger partial charge in [-0.3, -0.25) is 9.59 Å². The fourth-order valence-electron chi connectivity index (χ4n) is 1.16. The van der Waals surface area contributed by atoms with Crippen LogP contribution in [0, 0.1) is 0 Å². The first-order valence-electron chi connectivity index (χ1n) is 4.54. The number of nitrogens with one attached hydrogen (secondary N) is 1. The summed E-state index contributed by atoms with van der Waals surface area (Å²) in [6.45, 7) is 0. The van der Waals surface area contributed by atoms with Gasteiger partial charge in [-0.2, -0.15) is 0 Å². The number of nitrogens with two attached hydrogens (primary N) is 1. The molecule has 0 radical (unpaired) electrons. The van der Waals surface area contributed by atoms with E-state index in [1.54, 1.807) is 0 Å². The molecule has 0 saturated carbocycles. The third-order valence-corrected chi connectivity index (χ3v) is 1.97. The topological polar surface area (TPSA) is 130 Å². The lowest BCUT2D eigenvalue weighted by Gasteiger charge is -2.13. The lowest BCUT2D eigenvalue weighted by molar-refractivity contribution is -0.144. The van der Waals surface area contributed by atoms with Crippen LogP contribution in [0.2, 0.25) is 0 Å². The molecule has 0 heterocycles. The van der Waals surface area contributed by atoms with Gasteiger partial charge >= 0.3 is 17.8 Å². The minimum absolute atomic E-state index is 0.0425. The molecule has 7 nitrogen and oxygen atoms in total. The summed E-state index contributed by atoms with van der Waals surface area (Å²) >= 11 is 0. The summed E-state index contributed by atoms with van der Waals surface area (Å²) in [7, 11) is 0. The van der Waals surface area contributed by atoms with E-state index in [0.717, 1.165) is 0 Å². The second-order valence-electron chi connectivity index (χ2n) is 3.20. The Morgan fingerprint density at radius 2 is 1.71 bits per heavy atom. The Balaban J connectivity index is 2.94. The van der Waals surface area contributed by atoms with Gasteiger partial charge in [-0.15, -0.1) is 0 Å². The number of primary amides is 1. The van der Waals surface area contributed by atoms with Crippen LogP contribution in [0.5, 0.6) is 5.75 Å². The molecule has 5 N–H and O–H groups in total. The normalized spacial score (nSPS) is 11.5. The van der Waals surface area contributed by atoms with Gasteiger partial charge in [0.15, 0.2) is 6.04 Å². The number of benzene rings is 1. The van der Waals surface area contributed by atoms with Gasteiger partial charge in [0, 0.05) is 0 Å². The second kappa shape index (κ2) is 4.97. The van der Waals surface area contributed by atoms with Crippen molar-refractivity contribution in [1.29, 1.82) is 0 Å². The highest BCUT2D eigenvalue weighted by Gasteiger charge is 2.23. The van der Waals surface area contributed by atoms with E-state index < -0.39 is 23.8 Å². The smallest absolute Gasteiger partial charge is 0.330 e. The fourth-order valence-corrected chi connectivity index (χ4v) is 1.16. The first kappa shape index (κ1) is 12.5. The molecular formula is C10H10N2O5. The Kier molecular flexibility index (Phi) is 3.66. The van der Waals surface area contributed by atoms with Gasteiger partial charge in [-0.1, -0.05) is 12.1 Å². The van der Waals surface area contributed by atoms with E-state index in [-0.39, 0.29) is 11.3 Å². The van der Waals surface area contributed by atoms with Gasteiger partial charge in [-0.05, 0) is 17.7 Å². The highest BCUT2D eigenvalue weighted by atomic mass is 16.4. The van der Waals surface area contributed by atoms with Crippen molar-refractivity contribution >= 4 is 17.8 Å². The third-order valence-electron chi connectivity index (χ3n) is 1.97. The molecule has 0 aliphatic heterocycles. The average Bonchev–Trinajstić information content (AvgIpc) is 2.26. The number of amides is 2. The highest BCUT2D eigenvalue weighted by Crippen LogP contribution is 2.17. The predicted molar refractivity (Wildman–Crippen MR) is 55.8 cm³/mol. The van der Waals surface area contributed by atoms with Gasteiger partial charge < -0.3 is 21.3 Å². The molecule has 0 fully saturated rings. The summed E-state index contributed by atoms with van der Waals surface area (Å²) < 4.78 is 0. The van der Waals surface area contributed by atoms with Crippen molar-refractivity contribution in [2.24, 2.45) is 5.73 Å². The van der Waals surface area contributed by atoms with E-state index in [4.69, 9.17) is 15.9 Å². The summed E-state index contributed by atoms with van der Waals surface area (Å²) in [5.41, 5.74) is 4.92. The summed E-state index contributed by atoms with van der Waals surface area (Å²) in [6, 6.07) is 3.77. The molecule has 7 heteroatoms. The van der Waals surface area contributed by atoms with Crippen LogP contribution < -0.4 is 11.1 Å². The Bertz CT molecular complexity index is 454. The van der Waals surface area contributed by atoms with Crippen molar-refractivity contribution in [3.05, 3.63) is 29.8 Å². The van der Waals surface area contributed by atoms with Crippen LogP contribution in [0.15, 0.2) is 24.3 Å². The average molecular weight is 238 g/mol. The number of phenols is 1. The van der Waals surface area contributed by atoms with Gasteiger partial charge in [0.2, 0.25) is 0 Å². The summed E-state index contributed by atoms with van der Waals surface area (Å²) in [6.07, 6.45) is 0. The molecule has 2 amide bonds. The minimum atomic E-state index is -1.39. The maximum absolute atomic E-state index is 11.0. The Morgan fingerprint density at radius 1 is 1.18 bits per heavy atom. The second-order valence-corrected chi connectivity index (χ2v) is 3.20. The van der Waals surface area contributed by atoms with Gasteiger partial charge in [0.1, 0.15) is 5.75 Å². The Morgan fingerprint density at radius 3 is 2.12 bits per heavy atom. The molecule has 90 valence electrons. The Hall–Kier alpha value is -2.57. The predicted octanol–water partition coefficient (Wildman–Crippen LogP) is -0.881. The van der Waals surface area contributed by atoms with Crippen molar-refractivity contribution < 1.29 is 24.6 Å². The molecular weight excluding hydrogens is 228 g/mol. The standard InChI is InChI=1S/C10H10N2O5/c11-8(14)9(15)12-7(10(16)17)5-1-3-6(13)4-2-5/h1-4,7,13H,(H2,11,14)(H,12,15)(H,16,17)/t7-/m1/s1. The third kappa shape index (κ3) is 3.20. The highest BCUT2D eigenvalue weighted by molar-refractivity contribution is 6.34. The monoisotopic (exact) mass is 238 g/mol. The minimum Gasteiger partial charge on any atom is -0.508 e. The lowest BCUT2D eigenvalue weighted by atomic mass is 10.1. The number of carbonyl (C=O) groups excluding carboxylic acids is 2. The Labute approximate surface area is 95.9 Å². The zero-order chi connectivity index (χ0) is 13.0. The number of carboxylic acids is 1. The van der Waals surface area contributed by atoms with Crippen molar-refractivity contribution in [3.8, 4) is 5.75 Å². The quantitative estimate of drug-likeness (QED) is 0.508. The van der Waals surface area contributed by atoms with Gasteiger partial charge in [0.25, 0.3) is 0 Å². The molecule has 17 heavy (non-hydrogen) atoms. The number of hydrogen-bond acceptors (Lipinski definition) is 4. The first-order chi connectivity index (χ1) is 7.91. The molecule has 0 spiro atoms. The van der Waals surface area contributed by atoms with Crippen LogP contribution in [0.25, 0.3) is 0 Å². The maximum Gasteiger partial charge on any atom is 0.330 e. The summed E-state index contributed by atoms with van der Waals surface area (Å²) in [5, 5.41) is 19.9.